The average Bonchev–Trinajstić information content (AvgIpc) is 2.69. The van der Waals surface area contributed by atoms with Crippen LogP contribution < -0.4 is 5.56 Å². The first-order chi connectivity index (χ1) is 13.9. The Morgan fingerprint density at radius 2 is 1.62 bits per heavy atom. The molecule has 1 heterocycles. The molecule has 5 nitrogen and oxygen atoms in total. The van der Waals surface area contributed by atoms with Crippen LogP contribution in [0.4, 0.5) is 0 Å². The molecule has 1 aromatic heterocycles. The third-order valence-corrected chi connectivity index (χ3v) is 5.70. The van der Waals surface area contributed by atoms with Crippen LogP contribution in [0.3, 0.4) is 0 Å². The molecule has 0 saturated heterocycles. The lowest BCUT2D eigenvalue weighted by molar-refractivity contribution is -0.131. The second kappa shape index (κ2) is 9.27. The molecule has 0 aliphatic heterocycles. The molecule has 0 atom stereocenters. The maximum atomic E-state index is 13.2. The molecule has 0 N–H and O–H groups in total. The Morgan fingerprint density at radius 1 is 1.00 bits per heavy atom. The number of carbonyl (C=O) groups excluding carboxylic acids is 1. The van der Waals surface area contributed by atoms with Crippen LogP contribution in [0, 0.1) is 0 Å². The zero-order valence-corrected chi connectivity index (χ0v) is 18.1. The third-order valence-electron chi connectivity index (χ3n) is 4.74. The monoisotopic (exact) mass is 409 g/mol. The minimum atomic E-state index is -0.0843. The van der Waals surface area contributed by atoms with Crippen LogP contribution in [0.25, 0.3) is 10.9 Å². The van der Waals surface area contributed by atoms with Crippen molar-refractivity contribution in [3.8, 4) is 0 Å². The van der Waals surface area contributed by atoms with Gasteiger partial charge in [-0.2, -0.15) is 0 Å². The van der Waals surface area contributed by atoms with Crippen molar-refractivity contribution in [3.63, 3.8) is 0 Å². The molecule has 0 radical (unpaired) electrons. The van der Waals surface area contributed by atoms with Gasteiger partial charge in [-0.1, -0.05) is 54.2 Å². The molecule has 2 aromatic carbocycles. The summed E-state index contributed by atoms with van der Waals surface area (Å²) in [5.41, 5.74) is 1.59. The Balaban J connectivity index is 1.96. The Bertz CT molecular complexity index is 1040. The second-order valence-corrected chi connectivity index (χ2v) is 8.51. The van der Waals surface area contributed by atoms with Gasteiger partial charge in [0.15, 0.2) is 5.16 Å². The number of para-hydroxylation sites is 1. The van der Waals surface area contributed by atoms with Gasteiger partial charge in [-0.3, -0.25) is 14.2 Å². The number of hydrogen-bond acceptors (Lipinski definition) is 4. The Labute approximate surface area is 175 Å². The number of aromatic nitrogens is 2. The van der Waals surface area contributed by atoms with Crippen LogP contribution in [0.2, 0.25) is 0 Å². The Kier molecular flexibility index (Phi) is 6.75. The van der Waals surface area contributed by atoms with E-state index in [0.29, 0.717) is 22.6 Å². The van der Waals surface area contributed by atoms with E-state index in [2.05, 4.69) is 0 Å². The van der Waals surface area contributed by atoms with Gasteiger partial charge in [0.05, 0.1) is 23.2 Å². The summed E-state index contributed by atoms with van der Waals surface area (Å²) in [6, 6.07) is 17.4. The van der Waals surface area contributed by atoms with Crippen molar-refractivity contribution in [2.45, 2.75) is 51.5 Å². The molecule has 0 spiro atoms. The summed E-state index contributed by atoms with van der Waals surface area (Å²) < 4.78 is 1.67. The molecular formula is C23H27N3O2S. The van der Waals surface area contributed by atoms with Gasteiger partial charge in [0.25, 0.3) is 5.56 Å². The number of thioether (sulfide) groups is 1. The van der Waals surface area contributed by atoms with Crippen LogP contribution in [0.15, 0.2) is 64.5 Å². The fourth-order valence-corrected chi connectivity index (χ4v) is 4.40. The highest BCUT2D eigenvalue weighted by atomic mass is 32.2. The Hall–Kier alpha value is -2.60. The fraction of sp³-hybridized carbons (Fsp3) is 0.348. The van der Waals surface area contributed by atoms with Crippen molar-refractivity contribution in [1.29, 1.82) is 0 Å². The second-order valence-electron chi connectivity index (χ2n) is 7.57. The summed E-state index contributed by atoms with van der Waals surface area (Å²) in [6.45, 7) is 8.49. The summed E-state index contributed by atoms with van der Waals surface area (Å²) in [4.78, 5) is 32.5. The zero-order valence-electron chi connectivity index (χ0n) is 17.3. The highest BCUT2D eigenvalue weighted by Gasteiger charge is 2.21. The van der Waals surface area contributed by atoms with E-state index >= 15 is 0 Å². The maximum absolute atomic E-state index is 13.2. The van der Waals surface area contributed by atoms with Gasteiger partial charge in [-0.15, -0.1) is 0 Å². The number of hydrogen-bond donors (Lipinski definition) is 0. The topological polar surface area (TPSA) is 55.2 Å². The number of carbonyl (C=O) groups is 1. The first kappa shape index (κ1) is 21.1. The number of nitrogens with zero attached hydrogens (tertiary/aromatic N) is 3. The van der Waals surface area contributed by atoms with Crippen molar-refractivity contribution >= 4 is 28.6 Å². The van der Waals surface area contributed by atoms with E-state index in [0.717, 1.165) is 5.56 Å². The van der Waals surface area contributed by atoms with E-state index < -0.39 is 0 Å². The van der Waals surface area contributed by atoms with Gasteiger partial charge >= 0.3 is 0 Å². The van der Waals surface area contributed by atoms with Crippen molar-refractivity contribution in [2.75, 3.05) is 5.75 Å². The molecule has 0 unspecified atom stereocenters. The fourth-order valence-electron chi connectivity index (χ4n) is 3.54. The summed E-state index contributed by atoms with van der Waals surface area (Å²) in [5.74, 6) is 0.296. The molecular weight excluding hydrogens is 382 g/mol. The summed E-state index contributed by atoms with van der Waals surface area (Å²) in [7, 11) is 0. The van der Waals surface area contributed by atoms with Gasteiger partial charge in [0, 0.05) is 12.1 Å². The van der Waals surface area contributed by atoms with Gasteiger partial charge in [-0.25, -0.2) is 4.98 Å². The first-order valence-electron chi connectivity index (χ1n) is 9.86. The smallest absolute Gasteiger partial charge is 0.262 e. The zero-order chi connectivity index (χ0) is 21.0. The molecule has 0 aliphatic rings. The van der Waals surface area contributed by atoms with Crippen molar-refractivity contribution in [1.82, 2.24) is 14.5 Å². The lowest BCUT2D eigenvalue weighted by Crippen LogP contribution is -2.43. The molecule has 0 aliphatic carbocycles. The quantitative estimate of drug-likeness (QED) is 0.434. The van der Waals surface area contributed by atoms with Gasteiger partial charge in [0.2, 0.25) is 5.91 Å². The van der Waals surface area contributed by atoms with E-state index in [9.17, 15) is 9.59 Å². The predicted octanol–water partition coefficient (Wildman–Crippen LogP) is 4.18. The van der Waals surface area contributed by atoms with Crippen LogP contribution >= 0.6 is 11.8 Å². The number of benzene rings is 2. The molecule has 3 rings (SSSR count). The lowest BCUT2D eigenvalue weighted by atomic mass is 10.2. The highest BCUT2D eigenvalue weighted by molar-refractivity contribution is 7.99. The maximum Gasteiger partial charge on any atom is 0.262 e. The van der Waals surface area contributed by atoms with E-state index in [4.69, 9.17) is 4.98 Å². The van der Waals surface area contributed by atoms with Gasteiger partial charge in [-0.05, 0) is 45.4 Å². The van der Waals surface area contributed by atoms with Gasteiger partial charge in [0.1, 0.15) is 0 Å². The molecule has 6 heteroatoms. The summed E-state index contributed by atoms with van der Waals surface area (Å²) in [5, 5.41) is 1.16. The number of fused-ring (bicyclic) bond motifs is 1. The predicted molar refractivity (Wildman–Crippen MR) is 119 cm³/mol. The van der Waals surface area contributed by atoms with Crippen LogP contribution in [-0.2, 0) is 11.3 Å². The largest absolute Gasteiger partial charge is 0.337 e. The SMILES string of the molecule is CC(C)N(C(=O)CSc1nc2ccccc2c(=O)n1Cc1ccccc1)C(C)C. The van der Waals surface area contributed by atoms with E-state index in [1.807, 2.05) is 81.1 Å². The van der Waals surface area contributed by atoms with E-state index in [-0.39, 0.29) is 29.3 Å². The van der Waals surface area contributed by atoms with E-state index in [1.54, 1.807) is 10.6 Å². The minimum Gasteiger partial charge on any atom is -0.337 e. The summed E-state index contributed by atoms with van der Waals surface area (Å²) >= 11 is 1.33. The molecule has 3 aromatic rings. The standard InChI is InChI=1S/C23H27N3O2S/c1-16(2)26(17(3)4)21(27)15-29-23-24-20-13-9-8-12-19(20)22(28)25(23)14-18-10-6-5-7-11-18/h5-13,16-17H,14-15H2,1-4H3. The minimum absolute atomic E-state index is 0.0497. The molecule has 0 fully saturated rings. The molecule has 0 bridgehead atoms. The Morgan fingerprint density at radius 3 is 2.28 bits per heavy atom. The van der Waals surface area contributed by atoms with E-state index in [1.165, 1.54) is 11.8 Å². The average molecular weight is 410 g/mol. The van der Waals surface area contributed by atoms with Gasteiger partial charge < -0.3 is 4.90 Å². The van der Waals surface area contributed by atoms with Crippen LogP contribution in [-0.4, -0.2) is 38.2 Å². The van der Waals surface area contributed by atoms with Crippen molar-refractivity contribution < 1.29 is 4.79 Å². The molecule has 1 amide bonds. The number of rotatable bonds is 7. The third kappa shape index (κ3) is 4.88. The molecule has 29 heavy (non-hydrogen) atoms. The molecule has 0 saturated carbocycles. The normalized spacial score (nSPS) is 11.4. The van der Waals surface area contributed by atoms with Crippen molar-refractivity contribution in [2.24, 2.45) is 0 Å². The highest BCUT2D eigenvalue weighted by Crippen LogP contribution is 2.20. The lowest BCUT2D eigenvalue weighted by Gasteiger charge is -2.30. The molecule has 152 valence electrons. The van der Waals surface area contributed by atoms with Crippen LogP contribution in [0.1, 0.15) is 33.3 Å². The number of amides is 1. The van der Waals surface area contributed by atoms with Crippen molar-refractivity contribution in [3.05, 3.63) is 70.5 Å². The van der Waals surface area contributed by atoms with Crippen LogP contribution in [0.5, 0.6) is 0 Å². The summed E-state index contributed by atoms with van der Waals surface area (Å²) in [6.07, 6.45) is 0. The first-order valence-corrected chi connectivity index (χ1v) is 10.8.